The Bertz CT molecular complexity index is 588. The maximum absolute atomic E-state index is 12.5. The minimum absolute atomic E-state index is 0.0184. The molecule has 0 amide bonds. The number of hydrogen-bond acceptors (Lipinski definition) is 3. The Morgan fingerprint density at radius 3 is 1.92 bits per heavy atom. The lowest BCUT2D eigenvalue weighted by molar-refractivity contribution is 0.104. The molecule has 3 nitrogen and oxygen atoms in total. The molecule has 0 fully saturated rings. The van der Waals surface area contributed by atoms with E-state index in [1.807, 2.05) is 62.6 Å². The van der Waals surface area contributed by atoms with Gasteiger partial charge in [0, 0.05) is 36.9 Å². The van der Waals surface area contributed by atoms with Gasteiger partial charge < -0.3 is 10.6 Å². The highest BCUT2D eigenvalue weighted by Gasteiger charge is 2.16. The van der Waals surface area contributed by atoms with Gasteiger partial charge in [-0.1, -0.05) is 56.2 Å². The lowest BCUT2D eigenvalue weighted by atomic mass is 9.99. The summed E-state index contributed by atoms with van der Waals surface area (Å²) >= 11 is 5.38. The predicted molar refractivity (Wildman–Crippen MR) is 106 cm³/mol. The monoisotopic (exact) mass is 346 g/mol. The van der Waals surface area contributed by atoms with Crippen molar-refractivity contribution >= 4 is 28.8 Å². The first-order valence-corrected chi connectivity index (χ1v) is 8.87. The third-order valence-electron chi connectivity index (χ3n) is 3.60. The topological polar surface area (TPSA) is 41.1 Å². The second-order valence-electron chi connectivity index (χ2n) is 5.32. The fraction of sp³-hybridized carbons (Fsp3) is 0.350. The van der Waals surface area contributed by atoms with Crippen LogP contribution in [0.3, 0.4) is 0 Å². The molecule has 0 radical (unpaired) electrons. The van der Waals surface area contributed by atoms with Crippen molar-refractivity contribution in [3.8, 4) is 0 Å². The largest absolute Gasteiger partial charge is 0.387 e. The van der Waals surface area contributed by atoms with E-state index in [9.17, 15) is 4.79 Å². The maximum Gasteiger partial charge on any atom is 0.197 e. The van der Waals surface area contributed by atoms with E-state index < -0.39 is 0 Å². The summed E-state index contributed by atoms with van der Waals surface area (Å²) in [7, 11) is 3.63. The molecule has 0 aromatic heterocycles. The lowest BCUT2D eigenvalue weighted by Crippen LogP contribution is -2.09. The van der Waals surface area contributed by atoms with Crippen LogP contribution in [0.5, 0.6) is 0 Å². The Labute approximate surface area is 150 Å². The van der Waals surface area contributed by atoms with Crippen LogP contribution in [-0.4, -0.2) is 25.8 Å². The summed E-state index contributed by atoms with van der Waals surface area (Å²) in [4.78, 5) is 12.5. The van der Waals surface area contributed by atoms with Crippen molar-refractivity contribution in [2.45, 2.75) is 26.2 Å². The van der Waals surface area contributed by atoms with E-state index in [0.29, 0.717) is 11.1 Å². The summed E-state index contributed by atoms with van der Waals surface area (Å²) < 4.78 is 0. The first kappa shape index (κ1) is 20.0. The third kappa shape index (κ3) is 5.89. The number of halogens is 1. The minimum Gasteiger partial charge on any atom is -0.387 e. The normalized spacial score (nSPS) is 9.67. The Kier molecular flexibility index (Phi) is 9.62. The van der Waals surface area contributed by atoms with Gasteiger partial charge in [0.25, 0.3) is 0 Å². The van der Waals surface area contributed by atoms with Gasteiger partial charge in [-0.3, -0.25) is 4.79 Å². The Morgan fingerprint density at radius 2 is 1.50 bits per heavy atom. The number of anilines is 2. The molecular formula is C20H27ClN2O. The number of carbonyl (C=O) groups excluding carboxylic acids is 1. The molecule has 0 aliphatic carbocycles. The molecule has 2 aromatic carbocycles. The van der Waals surface area contributed by atoms with Crippen LogP contribution in [0.1, 0.15) is 42.1 Å². The average molecular weight is 347 g/mol. The number of unbranched alkanes of at least 4 members (excludes halogenated alkanes) is 2. The zero-order valence-electron chi connectivity index (χ0n) is 14.7. The molecule has 0 bridgehead atoms. The van der Waals surface area contributed by atoms with E-state index >= 15 is 0 Å². The summed E-state index contributed by atoms with van der Waals surface area (Å²) in [6.45, 7) is 2.17. The van der Waals surface area contributed by atoms with Crippen molar-refractivity contribution in [3.63, 3.8) is 0 Å². The van der Waals surface area contributed by atoms with Crippen LogP contribution in [0, 0.1) is 0 Å². The third-order valence-corrected chi connectivity index (χ3v) is 3.87. The zero-order chi connectivity index (χ0) is 17.8. The first-order chi connectivity index (χ1) is 11.7. The van der Waals surface area contributed by atoms with Crippen LogP contribution in [0.4, 0.5) is 11.4 Å². The smallest absolute Gasteiger partial charge is 0.197 e. The first-order valence-electron chi connectivity index (χ1n) is 8.33. The number of hydrogen-bond donors (Lipinski definition) is 2. The van der Waals surface area contributed by atoms with Crippen molar-refractivity contribution in [2.75, 3.05) is 30.6 Å². The van der Waals surface area contributed by atoms with Gasteiger partial charge in [-0.25, -0.2) is 0 Å². The van der Waals surface area contributed by atoms with Crippen molar-refractivity contribution < 1.29 is 4.79 Å². The number of ketones is 1. The highest BCUT2D eigenvalue weighted by molar-refractivity contribution is 6.17. The van der Waals surface area contributed by atoms with Crippen LogP contribution >= 0.6 is 11.6 Å². The molecule has 2 aromatic rings. The molecule has 0 aliphatic heterocycles. The molecule has 130 valence electrons. The molecule has 0 unspecified atom stereocenters. The summed E-state index contributed by atoms with van der Waals surface area (Å²) in [6, 6.07) is 15.0. The zero-order valence-corrected chi connectivity index (χ0v) is 15.5. The summed E-state index contributed by atoms with van der Waals surface area (Å²) in [5, 5.41) is 6.12. The van der Waals surface area contributed by atoms with Gasteiger partial charge in [0.05, 0.1) is 5.56 Å². The Balaban J connectivity index is 0.000000413. The number of nitrogens with one attached hydrogen (secondary N) is 2. The van der Waals surface area contributed by atoms with Gasteiger partial charge >= 0.3 is 0 Å². The van der Waals surface area contributed by atoms with Crippen molar-refractivity contribution in [2.24, 2.45) is 0 Å². The molecule has 0 saturated carbocycles. The summed E-state index contributed by atoms with van der Waals surface area (Å²) in [6.07, 6.45) is 3.73. The fourth-order valence-electron chi connectivity index (χ4n) is 2.29. The quantitative estimate of drug-likeness (QED) is 0.399. The molecule has 0 aliphatic rings. The van der Waals surface area contributed by atoms with Crippen LogP contribution in [0.15, 0.2) is 48.5 Å². The molecule has 4 heteroatoms. The minimum atomic E-state index is 0.0184. The highest BCUT2D eigenvalue weighted by atomic mass is 35.5. The van der Waals surface area contributed by atoms with Gasteiger partial charge in [0.1, 0.15) is 0 Å². The van der Waals surface area contributed by atoms with Gasteiger partial charge in [-0.15, -0.1) is 11.6 Å². The number of benzene rings is 2. The number of rotatable bonds is 7. The van der Waals surface area contributed by atoms with Gasteiger partial charge in [0.2, 0.25) is 0 Å². The van der Waals surface area contributed by atoms with Gasteiger partial charge in [-0.05, 0) is 18.6 Å². The van der Waals surface area contributed by atoms with E-state index in [2.05, 4.69) is 17.6 Å². The average Bonchev–Trinajstić information content (AvgIpc) is 2.66. The molecular weight excluding hydrogens is 320 g/mol. The molecule has 0 atom stereocenters. The molecule has 0 heterocycles. The van der Waals surface area contributed by atoms with Crippen LogP contribution < -0.4 is 10.6 Å². The molecule has 24 heavy (non-hydrogen) atoms. The van der Waals surface area contributed by atoms with E-state index in [4.69, 9.17) is 11.6 Å². The maximum atomic E-state index is 12.5. The van der Waals surface area contributed by atoms with Crippen LogP contribution in [-0.2, 0) is 0 Å². The second kappa shape index (κ2) is 11.5. The molecule has 2 N–H and O–H groups in total. The standard InChI is InChI=1S/C15H16N2O.C5H11Cl/c1-16-12-9-6-10-13(17-2)14(12)15(18)11-7-4-3-5-8-11;1-2-3-4-5-6/h3-10,16-17H,1-2H3;2-5H2,1H3. The molecule has 2 rings (SSSR count). The molecule has 0 spiro atoms. The van der Waals surface area contributed by atoms with Crippen molar-refractivity contribution in [1.82, 2.24) is 0 Å². The number of alkyl halides is 1. The van der Waals surface area contributed by atoms with Crippen LogP contribution in [0.2, 0.25) is 0 Å². The van der Waals surface area contributed by atoms with E-state index in [0.717, 1.165) is 17.3 Å². The fourth-order valence-corrected chi connectivity index (χ4v) is 2.48. The van der Waals surface area contributed by atoms with Crippen molar-refractivity contribution in [1.29, 1.82) is 0 Å². The van der Waals surface area contributed by atoms with Crippen LogP contribution in [0.25, 0.3) is 0 Å². The highest BCUT2D eigenvalue weighted by Crippen LogP contribution is 2.26. The summed E-state index contributed by atoms with van der Waals surface area (Å²) in [5.41, 5.74) is 3.02. The number of carbonyl (C=O) groups is 1. The second-order valence-corrected chi connectivity index (χ2v) is 5.70. The van der Waals surface area contributed by atoms with Gasteiger partial charge in [-0.2, -0.15) is 0 Å². The summed E-state index contributed by atoms with van der Waals surface area (Å²) in [5.74, 6) is 0.846. The van der Waals surface area contributed by atoms with Crippen molar-refractivity contribution in [3.05, 3.63) is 59.7 Å². The Hall–Kier alpha value is -2.00. The van der Waals surface area contributed by atoms with E-state index in [1.54, 1.807) is 0 Å². The van der Waals surface area contributed by atoms with E-state index in [-0.39, 0.29) is 5.78 Å². The lowest BCUT2D eigenvalue weighted by Gasteiger charge is -2.13. The SMILES string of the molecule is CCCCCCl.CNc1cccc(NC)c1C(=O)c1ccccc1. The van der Waals surface area contributed by atoms with E-state index in [1.165, 1.54) is 19.3 Å². The van der Waals surface area contributed by atoms with Gasteiger partial charge in [0.15, 0.2) is 5.78 Å². The predicted octanol–water partition coefficient (Wildman–Crippen LogP) is 5.42. The molecule has 0 saturated heterocycles. The Morgan fingerprint density at radius 1 is 0.917 bits per heavy atom.